The molecule has 2 nitrogen and oxygen atoms in total. The molecule has 2 rings (SSSR count). The summed E-state index contributed by atoms with van der Waals surface area (Å²) in [7, 11) is 0. The van der Waals surface area contributed by atoms with Crippen LogP contribution in [-0.4, -0.2) is 23.9 Å². The van der Waals surface area contributed by atoms with E-state index in [1.807, 2.05) is 0 Å². The van der Waals surface area contributed by atoms with E-state index in [9.17, 15) is 4.79 Å². The summed E-state index contributed by atoms with van der Waals surface area (Å²) in [6.45, 7) is 6.33. The van der Waals surface area contributed by atoms with E-state index in [1.54, 1.807) is 0 Å². The lowest BCUT2D eigenvalue weighted by Crippen LogP contribution is -2.41. The summed E-state index contributed by atoms with van der Waals surface area (Å²) >= 11 is 0. The zero-order valence-electron chi connectivity index (χ0n) is 9.33. The average molecular weight is 195 g/mol. The van der Waals surface area contributed by atoms with Crippen LogP contribution in [0.5, 0.6) is 0 Å². The molecule has 0 radical (unpaired) electrons. The average Bonchev–Trinajstić information content (AvgIpc) is 2.44. The van der Waals surface area contributed by atoms with Crippen LogP contribution in [0, 0.1) is 17.8 Å². The molecule has 0 N–H and O–H groups in total. The van der Waals surface area contributed by atoms with Crippen molar-refractivity contribution in [1.82, 2.24) is 4.90 Å². The highest BCUT2D eigenvalue weighted by molar-refractivity contribution is 5.76. The van der Waals surface area contributed by atoms with Gasteiger partial charge in [0, 0.05) is 19.5 Å². The maximum Gasteiger partial charge on any atom is 0.222 e. The Kier molecular flexibility index (Phi) is 2.80. The van der Waals surface area contributed by atoms with Crippen molar-refractivity contribution >= 4 is 5.91 Å². The summed E-state index contributed by atoms with van der Waals surface area (Å²) in [5.41, 5.74) is 0. The van der Waals surface area contributed by atoms with Crippen molar-refractivity contribution in [2.24, 2.45) is 17.8 Å². The third-order valence-corrected chi connectivity index (χ3v) is 3.54. The van der Waals surface area contributed by atoms with Crippen LogP contribution < -0.4 is 0 Å². The molecular formula is C12H21NO. The first kappa shape index (κ1) is 10.0. The fourth-order valence-electron chi connectivity index (χ4n) is 2.89. The number of carbonyl (C=O) groups excluding carboxylic acids is 1. The second-order valence-electron chi connectivity index (χ2n) is 5.44. The second kappa shape index (κ2) is 3.92. The Balaban J connectivity index is 1.89. The number of rotatable bonds is 2. The van der Waals surface area contributed by atoms with Gasteiger partial charge < -0.3 is 4.90 Å². The maximum absolute atomic E-state index is 11.9. The third-order valence-electron chi connectivity index (χ3n) is 3.54. The van der Waals surface area contributed by atoms with E-state index in [4.69, 9.17) is 0 Å². The predicted molar refractivity (Wildman–Crippen MR) is 56.9 cm³/mol. The first-order valence-electron chi connectivity index (χ1n) is 5.93. The molecule has 0 aromatic carbocycles. The van der Waals surface area contributed by atoms with Crippen LogP contribution >= 0.6 is 0 Å². The summed E-state index contributed by atoms with van der Waals surface area (Å²) in [4.78, 5) is 14.0. The molecule has 1 saturated heterocycles. The van der Waals surface area contributed by atoms with Crippen molar-refractivity contribution in [3.8, 4) is 0 Å². The SMILES string of the molecule is CC(C)CC(=O)N1C[C@@H]2CC[C@@H](C2)C1. The van der Waals surface area contributed by atoms with E-state index in [1.165, 1.54) is 19.3 Å². The molecule has 1 heterocycles. The standard InChI is InChI=1S/C12H21NO/c1-9(2)5-12(14)13-7-10-3-4-11(6-10)8-13/h9-11H,3-8H2,1-2H3/t10-,11+. The van der Waals surface area contributed by atoms with E-state index < -0.39 is 0 Å². The molecule has 14 heavy (non-hydrogen) atoms. The molecule has 1 saturated carbocycles. The molecule has 80 valence electrons. The number of likely N-dealkylation sites (tertiary alicyclic amines) is 1. The molecule has 0 spiro atoms. The summed E-state index contributed by atoms with van der Waals surface area (Å²) < 4.78 is 0. The van der Waals surface area contributed by atoms with Crippen molar-refractivity contribution in [1.29, 1.82) is 0 Å². The van der Waals surface area contributed by atoms with Crippen molar-refractivity contribution in [2.45, 2.75) is 39.5 Å². The van der Waals surface area contributed by atoms with Gasteiger partial charge in [0.1, 0.15) is 0 Å². The topological polar surface area (TPSA) is 20.3 Å². The van der Waals surface area contributed by atoms with Gasteiger partial charge in [0.15, 0.2) is 0 Å². The Hall–Kier alpha value is -0.530. The van der Waals surface area contributed by atoms with Crippen LogP contribution in [0.4, 0.5) is 0 Å². The van der Waals surface area contributed by atoms with Crippen molar-refractivity contribution in [2.75, 3.05) is 13.1 Å². The number of nitrogens with zero attached hydrogens (tertiary/aromatic N) is 1. The first-order valence-corrected chi connectivity index (χ1v) is 5.93. The normalized spacial score (nSPS) is 31.2. The summed E-state index contributed by atoms with van der Waals surface area (Å²) in [6.07, 6.45) is 4.83. The zero-order valence-corrected chi connectivity index (χ0v) is 9.33. The highest BCUT2D eigenvalue weighted by Crippen LogP contribution is 2.36. The Morgan fingerprint density at radius 3 is 2.36 bits per heavy atom. The van der Waals surface area contributed by atoms with Gasteiger partial charge in [-0.15, -0.1) is 0 Å². The number of fused-ring (bicyclic) bond motifs is 2. The van der Waals surface area contributed by atoms with Crippen molar-refractivity contribution < 1.29 is 4.79 Å². The summed E-state index contributed by atoms with van der Waals surface area (Å²) in [5, 5.41) is 0. The molecule has 0 unspecified atom stereocenters. The van der Waals surface area contributed by atoms with Gasteiger partial charge in [-0.1, -0.05) is 13.8 Å². The fourth-order valence-corrected chi connectivity index (χ4v) is 2.89. The van der Waals surface area contributed by atoms with E-state index in [0.717, 1.165) is 31.3 Å². The van der Waals surface area contributed by atoms with Crippen molar-refractivity contribution in [3.63, 3.8) is 0 Å². The van der Waals surface area contributed by atoms with E-state index in [0.29, 0.717) is 11.8 Å². The summed E-state index contributed by atoms with van der Waals surface area (Å²) in [6, 6.07) is 0. The lowest BCUT2D eigenvalue weighted by molar-refractivity contribution is -0.134. The molecule has 2 atom stereocenters. The number of hydrogen-bond acceptors (Lipinski definition) is 1. The molecule has 0 aromatic rings. The van der Waals surface area contributed by atoms with Crippen LogP contribution in [0.15, 0.2) is 0 Å². The summed E-state index contributed by atoms with van der Waals surface area (Å²) in [5.74, 6) is 2.54. The molecular weight excluding hydrogens is 174 g/mol. The number of carbonyl (C=O) groups is 1. The van der Waals surface area contributed by atoms with Gasteiger partial charge in [-0.2, -0.15) is 0 Å². The Morgan fingerprint density at radius 2 is 1.86 bits per heavy atom. The molecule has 2 aliphatic rings. The minimum absolute atomic E-state index is 0.386. The van der Waals surface area contributed by atoms with Crippen LogP contribution in [0.3, 0.4) is 0 Å². The van der Waals surface area contributed by atoms with E-state index in [-0.39, 0.29) is 0 Å². The number of amides is 1. The molecule has 2 heteroatoms. The Bertz CT molecular complexity index is 212. The molecule has 1 aliphatic carbocycles. The minimum atomic E-state index is 0.386. The Labute approximate surface area is 86.7 Å². The van der Waals surface area contributed by atoms with Gasteiger partial charge in [-0.25, -0.2) is 0 Å². The predicted octanol–water partition coefficient (Wildman–Crippen LogP) is 2.29. The second-order valence-corrected chi connectivity index (χ2v) is 5.44. The molecule has 1 aliphatic heterocycles. The Morgan fingerprint density at radius 1 is 1.29 bits per heavy atom. The van der Waals surface area contributed by atoms with Crippen LogP contribution in [0.25, 0.3) is 0 Å². The van der Waals surface area contributed by atoms with Crippen LogP contribution in [-0.2, 0) is 4.79 Å². The number of hydrogen-bond donors (Lipinski definition) is 0. The smallest absolute Gasteiger partial charge is 0.222 e. The van der Waals surface area contributed by atoms with Gasteiger partial charge in [-0.3, -0.25) is 4.79 Å². The van der Waals surface area contributed by atoms with Gasteiger partial charge in [0.25, 0.3) is 0 Å². The lowest BCUT2D eigenvalue weighted by Gasteiger charge is -2.32. The third kappa shape index (κ3) is 2.10. The van der Waals surface area contributed by atoms with Gasteiger partial charge in [0.05, 0.1) is 0 Å². The highest BCUT2D eigenvalue weighted by Gasteiger charge is 2.34. The van der Waals surface area contributed by atoms with Gasteiger partial charge >= 0.3 is 0 Å². The monoisotopic (exact) mass is 195 g/mol. The van der Waals surface area contributed by atoms with Gasteiger partial charge in [-0.05, 0) is 37.0 Å². The molecule has 2 fully saturated rings. The van der Waals surface area contributed by atoms with E-state index in [2.05, 4.69) is 18.7 Å². The van der Waals surface area contributed by atoms with E-state index >= 15 is 0 Å². The van der Waals surface area contributed by atoms with Crippen molar-refractivity contribution in [3.05, 3.63) is 0 Å². The largest absolute Gasteiger partial charge is 0.342 e. The molecule has 2 bridgehead atoms. The molecule has 1 amide bonds. The zero-order chi connectivity index (χ0) is 10.1. The van der Waals surface area contributed by atoms with Crippen LogP contribution in [0.1, 0.15) is 39.5 Å². The van der Waals surface area contributed by atoms with Crippen LogP contribution in [0.2, 0.25) is 0 Å². The minimum Gasteiger partial charge on any atom is -0.342 e. The maximum atomic E-state index is 11.9. The first-order chi connectivity index (χ1) is 6.65. The quantitative estimate of drug-likeness (QED) is 0.662. The molecule has 0 aromatic heterocycles. The van der Waals surface area contributed by atoms with Gasteiger partial charge in [0.2, 0.25) is 5.91 Å². The fraction of sp³-hybridized carbons (Fsp3) is 0.917. The lowest BCUT2D eigenvalue weighted by atomic mass is 9.98. The highest BCUT2D eigenvalue weighted by atomic mass is 16.2. The number of piperidine rings is 1.